The van der Waals surface area contributed by atoms with E-state index < -0.39 is 0 Å². The van der Waals surface area contributed by atoms with E-state index in [1.54, 1.807) is 32.2 Å². The van der Waals surface area contributed by atoms with Gasteiger partial charge in [0.2, 0.25) is 0 Å². The number of amides is 1. The largest absolute Gasteiger partial charge is 0.493 e. The molecule has 0 aromatic heterocycles. The molecule has 0 unspecified atom stereocenters. The monoisotopic (exact) mass is 336 g/mol. The Labute approximate surface area is 144 Å². The fourth-order valence-electron chi connectivity index (χ4n) is 3.05. The van der Waals surface area contributed by atoms with Crippen molar-refractivity contribution in [3.63, 3.8) is 0 Å². The first-order valence-electron chi connectivity index (χ1n) is 8.48. The number of aliphatic hydroxyl groups excluding tert-OH is 1. The zero-order chi connectivity index (χ0) is 17.7. The maximum atomic E-state index is 12.8. The molecule has 1 aliphatic heterocycles. The SMILES string of the molecule is CCOc1ccc(C(=O)N2CCN(C[C@H](C)O)[C@@H](C)C2)cc1OC. The first-order valence-corrected chi connectivity index (χ1v) is 8.48. The minimum atomic E-state index is -0.356. The highest BCUT2D eigenvalue weighted by molar-refractivity contribution is 5.95. The van der Waals surface area contributed by atoms with Crippen molar-refractivity contribution in [3.8, 4) is 11.5 Å². The minimum absolute atomic E-state index is 0.0000968. The molecule has 1 saturated heterocycles. The van der Waals surface area contributed by atoms with E-state index in [9.17, 15) is 9.90 Å². The number of nitrogens with zero attached hydrogens (tertiary/aromatic N) is 2. The zero-order valence-electron chi connectivity index (χ0n) is 15.0. The van der Waals surface area contributed by atoms with Crippen LogP contribution in [0.3, 0.4) is 0 Å². The van der Waals surface area contributed by atoms with Gasteiger partial charge in [-0.2, -0.15) is 0 Å². The molecule has 1 amide bonds. The highest BCUT2D eigenvalue weighted by atomic mass is 16.5. The third-order valence-electron chi connectivity index (χ3n) is 4.26. The summed E-state index contributed by atoms with van der Waals surface area (Å²) < 4.78 is 10.8. The van der Waals surface area contributed by atoms with Crippen LogP contribution in [0.4, 0.5) is 0 Å². The van der Waals surface area contributed by atoms with Gasteiger partial charge in [-0.05, 0) is 39.0 Å². The summed E-state index contributed by atoms with van der Waals surface area (Å²) in [5.74, 6) is 1.22. The molecule has 1 aromatic carbocycles. The van der Waals surface area contributed by atoms with Crippen LogP contribution >= 0.6 is 0 Å². The molecule has 0 saturated carbocycles. The second-order valence-electron chi connectivity index (χ2n) is 6.24. The number of β-amino-alcohol motifs (C(OH)–C–C–N with tert-alkyl or cyclic N) is 1. The summed E-state index contributed by atoms with van der Waals surface area (Å²) in [6, 6.07) is 5.52. The summed E-state index contributed by atoms with van der Waals surface area (Å²) in [4.78, 5) is 16.8. The van der Waals surface area contributed by atoms with Gasteiger partial charge in [-0.15, -0.1) is 0 Å². The zero-order valence-corrected chi connectivity index (χ0v) is 15.0. The fraction of sp³-hybridized carbons (Fsp3) is 0.611. The Morgan fingerprint density at radius 2 is 2.12 bits per heavy atom. The average Bonchev–Trinajstić information content (AvgIpc) is 2.56. The van der Waals surface area contributed by atoms with E-state index in [0.29, 0.717) is 43.3 Å². The van der Waals surface area contributed by atoms with Gasteiger partial charge >= 0.3 is 0 Å². The highest BCUT2D eigenvalue weighted by Crippen LogP contribution is 2.28. The van der Waals surface area contributed by atoms with Crippen LogP contribution in [0.1, 0.15) is 31.1 Å². The molecule has 0 radical (unpaired) electrons. The predicted molar refractivity (Wildman–Crippen MR) is 92.8 cm³/mol. The van der Waals surface area contributed by atoms with Gasteiger partial charge in [0.05, 0.1) is 19.8 Å². The van der Waals surface area contributed by atoms with Crippen LogP contribution in [0.15, 0.2) is 18.2 Å². The predicted octanol–water partition coefficient (Wildman–Crippen LogP) is 1.62. The molecule has 0 spiro atoms. The summed E-state index contributed by atoms with van der Waals surface area (Å²) in [5, 5.41) is 9.55. The molecular weight excluding hydrogens is 308 g/mol. The smallest absolute Gasteiger partial charge is 0.254 e. The van der Waals surface area contributed by atoms with Crippen molar-refractivity contribution in [2.24, 2.45) is 0 Å². The molecule has 1 heterocycles. The van der Waals surface area contributed by atoms with Gasteiger partial charge in [0.15, 0.2) is 11.5 Å². The molecule has 1 aliphatic rings. The molecule has 1 aromatic rings. The van der Waals surface area contributed by atoms with Crippen molar-refractivity contribution in [2.75, 3.05) is 39.9 Å². The first kappa shape index (κ1) is 18.5. The molecule has 6 nitrogen and oxygen atoms in total. The lowest BCUT2D eigenvalue weighted by atomic mass is 10.1. The van der Waals surface area contributed by atoms with Crippen LogP contribution in [0.25, 0.3) is 0 Å². The molecule has 2 atom stereocenters. The number of hydrogen-bond donors (Lipinski definition) is 1. The lowest BCUT2D eigenvalue weighted by Gasteiger charge is -2.40. The van der Waals surface area contributed by atoms with Crippen LogP contribution in [-0.2, 0) is 0 Å². The Morgan fingerprint density at radius 3 is 2.71 bits per heavy atom. The summed E-state index contributed by atoms with van der Waals surface area (Å²) in [6.07, 6.45) is -0.356. The number of carbonyl (C=O) groups excluding carboxylic acids is 1. The van der Waals surface area contributed by atoms with E-state index in [4.69, 9.17) is 9.47 Å². The number of benzene rings is 1. The van der Waals surface area contributed by atoms with Crippen LogP contribution in [-0.4, -0.2) is 72.9 Å². The third-order valence-corrected chi connectivity index (χ3v) is 4.26. The van der Waals surface area contributed by atoms with E-state index >= 15 is 0 Å². The Morgan fingerprint density at radius 1 is 1.38 bits per heavy atom. The Kier molecular flexibility index (Phi) is 6.45. The Bertz CT molecular complexity index is 562. The van der Waals surface area contributed by atoms with E-state index in [2.05, 4.69) is 11.8 Å². The van der Waals surface area contributed by atoms with E-state index in [0.717, 1.165) is 6.54 Å². The number of methoxy groups -OCH3 is 1. The molecule has 0 bridgehead atoms. The molecule has 24 heavy (non-hydrogen) atoms. The normalized spacial score (nSPS) is 19.9. The fourth-order valence-corrected chi connectivity index (χ4v) is 3.05. The van der Waals surface area contributed by atoms with Crippen LogP contribution in [0, 0.1) is 0 Å². The Balaban J connectivity index is 2.07. The van der Waals surface area contributed by atoms with Gasteiger partial charge in [0.25, 0.3) is 5.91 Å². The quantitative estimate of drug-likeness (QED) is 0.855. The molecule has 6 heteroatoms. The van der Waals surface area contributed by atoms with E-state index in [1.165, 1.54) is 0 Å². The summed E-state index contributed by atoms with van der Waals surface area (Å²) in [5.41, 5.74) is 0.603. The van der Waals surface area contributed by atoms with Crippen molar-refractivity contribution < 1.29 is 19.4 Å². The number of piperazine rings is 1. The van der Waals surface area contributed by atoms with Crippen LogP contribution in [0.2, 0.25) is 0 Å². The van der Waals surface area contributed by atoms with E-state index in [-0.39, 0.29) is 18.1 Å². The molecule has 134 valence electrons. The number of hydrogen-bond acceptors (Lipinski definition) is 5. The van der Waals surface area contributed by atoms with Crippen LogP contribution < -0.4 is 9.47 Å². The standard InChI is InChI=1S/C18H28N2O4/c1-5-24-16-7-6-15(10-17(16)23-4)18(22)20-9-8-19(12-14(3)21)13(2)11-20/h6-7,10,13-14,21H,5,8-9,11-12H2,1-4H3/t13-,14-/m0/s1. The number of aliphatic hydroxyl groups is 1. The van der Waals surface area contributed by atoms with Gasteiger partial charge in [-0.1, -0.05) is 0 Å². The maximum Gasteiger partial charge on any atom is 0.254 e. The summed E-state index contributed by atoms with van der Waals surface area (Å²) in [6.45, 7) is 9.05. The second kappa shape index (κ2) is 8.35. The summed E-state index contributed by atoms with van der Waals surface area (Å²) in [7, 11) is 1.57. The van der Waals surface area contributed by atoms with Gasteiger partial charge < -0.3 is 19.5 Å². The van der Waals surface area contributed by atoms with Crippen molar-refractivity contribution in [2.45, 2.75) is 32.9 Å². The van der Waals surface area contributed by atoms with Crippen LogP contribution in [0.5, 0.6) is 11.5 Å². The molecule has 0 aliphatic carbocycles. The third kappa shape index (κ3) is 4.39. The highest BCUT2D eigenvalue weighted by Gasteiger charge is 2.28. The first-order chi connectivity index (χ1) is 11.5. The lowest BCUT2D eigenvalue weighted by Crippen LogP contribution is -2.54. The van der Waals surface area contributed by atoms with Crippen molar-refractivity contribution >= 4 is 5.91 Å². The van der Waals surface area contributed by atoms with Gasteiger partial charge in [0, 0.05) is 37.8 Å². The van der Waals surface area contributed by atoms with Crippen molar-refractivity contribution in [1.82, 2.24) is 9.80 Å². The Hall–Kier alpha value is -1.79. The van der Waals surface area contributed by atoms with Gasteiger partial charge in [-0.25, -0.2) is 0 Å². The maximum absolute atomic E-state index is 12.8. The molecule has 1 fully saturated rings. The lowest BCUT2D eigenvalue weighted by molar-refractivity contribution is 0.0365. The summed E-state index contributed by atoms with van der Waals surface area (Å²) >= 11 is 0. The minimum Gasteiger partial charge on any atom is -0.493 e. The van der Waals surface area contributed by atoms with Crippen molar-refractivity contribution in [1.29, 1.82) is 0 Å². The number of ether oxygens (including phenoxy) is 2. The topological polar surface area (TPSA) is 62.2 Å². The molecule has 2 rings (SSSR count). The number of rotatable bonds is 6. The molecule has 1 N–H and O–H groups in total. The average molecular weight is 336 g/mol. The van der Waals surface area contributed by atoms with Gasteiger partial charge in [-0.3, -0.25) is 9.69 Å². The second-order valence-corrected chi connectivity index (χ2v) is 6.24. The number of carbonyl (C=O) groups is 1. The van der Waals surface area contributed by atoms with Gasteiger partial charge in [0.1, 0.15) is 0 Å². The van der Waals surface area contributed by atoms with E-state index in [1.807, 2.05) is 11.8 Å². The molecular formula is C18H28N2O4. The van der Waals surface area contributed by atoms with Crippen molar-refractivity contribution in [3.05, 3.63) is 23.8 Å².